The van der Waals surface area contributed by atoms with Gasteiger partial charge in [0, 0.05) is 12.1 Å². The minimum atomic E-state index is -0.127. The second-order valence-electron chi connectivity index (χ2n) is 8.50. The molecule has 0 spiro atoms. The van der Waals surface area contributed by atoms with E-state index in [0.717, 1.165) is 24.8 Å². The third-order valence-electron chi connectivity index (χ3n) is 5.12. The van der Waals surface area contributed by atoms with Gasteiger partial charge in [0.2, 0.25) is 0 Å². The second kappa shape index (κ2) is 9.08. The molecule has 0 aliphatic heterocycles. The van der Waals surface area contributed by atoms with Crippen molar-refractivity contribution in [3.8, 4) is 11.3 Å². The summed E-state index contributed by atoms with van der Waals surface area (Å²) in [5.74, 6) is 0.406. The summed E-state index contributed by atoms with van der Waals surface area (Å²) >= 11 is 0. The lowest BCUT2D eigenvalue weighted by molar-refractivity contribution is 0.0952. The lowest BCUT2D eigenvalue weighted by atomic mass is 9.86. The largest absolute Gasteiger partial charge is 0.355 e. The Hall–Kier alpha value is -2.88. The van der Waals surface area contributed by atoms with Gasteiger partial charge in [-0.1, -0.05) is 80.5 Å². The summed E-state index contributed by atoms with van der Waals surface area (Å²) in [6.45, 7) is 8.98. The molecule has 1 heterocycles. The number of carbonyl (C=O) groups excluding carboxylic acids is 1. The van der Waals surface area contributed by atoms with Crippen LogP contribution in [0.4, 0.5) is 0 Å². The van der Waals surface area contributed by atoms with E-state index < -0.39 is 0 Å². The van der Waals surface area contributed by atoms with E-state index in [2.05, 4.69) is 67.6 Å². The summed E-state index contributed by atoms with van der Waals surface area (Å²) in [4.78, 5) is 12.8. The fourth-order valence-electron chi connectivity index (χ4n) is 3.34. The minimum absolute atomic E-state index is 0.0792. The lowest BCUT2D eigenvalue weighted by Gasteiger charge is -2.18. The van der Waals surface area contributed by atoms with E-state index in [9.17, 15) is 4.79 Å². The molecule has 0 bridgehead atoms. The number of aryl methyl sites for hydroxylation is 2. The number of unbranched alkanes of at least 4 members (excludes halogenated alkanes) is 1. The summed E-state index contributed by atoms with van der Waals surface area (Å²) in [6.07, 6.45) is 2.99. The molecule has 0 unspecified atom stereocenters. The predicted octanol–water partition coefficient (Wildman–Crippen LogP) is 5.70. The molecule has 4 heteroatoms. The summed E-state index contributed by atoms with van der Waals surface area (Å²) < 4.78 is 5.50. The number of benzene rings is 2. The zero-order valence-corrected chi connectivity index (χ0v) is 17.8. The van der Waals surface area contributed by atoms with Crippen LogP contribution in [0.5, 0.6) is 0 Å². The fraction of sp³-hybridized carbons (Fsp3) is 0.360. The Bertz CT molecular complexity index is 935. The first-order chi connectivity index (χ1) is 13.9. The van der Waals surface area contributed by atoms with Gasteiger partial charge in [-0.05, 0) is 42.7 Å². The molecule has 1 amide bonds. The molecular weight excluding hydrogens is 360 g/mol. The Balaban J connectivity index is 1.60. The van der Waals surface area contributed by atoms with Crippen molar-refractivity contribution in [3.05, 3.63) is 77.0 Å². The van der Waals surface area contributed by atoms with E-state index in [-0.39, 0.29) is 11.3 Å². The maximum Gasteiger partial charge on any atom is 0.257 e. The predicted molar refractivity (Wildman–Crippen MR) is 117 cm³/mol. The molecule has 0 aliphatic rings. The van der Waals surface area contributed by atoms with Crippen molar-refractivity contribution < 1.29 is 9.32 Å². The first-order valence-electron chi connectivity index (χ1n) is 10.3. The van der Waals surface area contributed by atoms with Gasteiger partial charge in [0.25, 0.3) is 5.91 Å². The lowest BCUT2D eigenvalue weighted by Crippen LogP contribution is -2.25. The first kappa shape index (κ1) is 20.8. The van der Waals surface area contributed by atoms with Gasteiger partial charge in [0.15, 0.2) is 5.76 Å². The standard InChI is InChI=1S/C25H30N2O2/c1-18-22(24(28)26-17-9-8-12-19-10-6-5-7-11-19)23(29-27-18)20-13-15-21(16-14-20)25(2,3)4/h5-7,10-11,13-16H,8-9,12,17H2,1-4H3,(H,26,28). The van der Waals surface area contributed by atoms with Gasteiger partial charge in [-0.15, -0.1) is 0 Å². The van der Waals surface area contributed by atoms with Crippen LogP contribution >= 0.6 is 0 Å². The Morgan fingerprint density at radius 3 is 2.34 bits per heavy atom. The van der Waals surface area contributed by atoms with Crippen LogP contribution in [0.25, 0.3) is 11.3 Å². The number of hydrogen-bond acceptors (Lipinski definition) is 3. The van der Waals surface area contributed by atoms with Gasteiger partial charge < -0.3 is 9.84 Å². The summed E-state index contributed by atoms with van der Waals surface area (Å²) in [6, 6.07) is 18.6. The number of nitrogens with one attached hydrogen (secondary N) is 1. The monoisotopic (exact) mass is 390 g/mol. The number of nitrogens with zero attached hydrogens (tertiary/aromatic N) is 1. The molecule has 2 aromatic carbocycles. The van der Waals surface area contributed by atoms with Crippen molar-refractivity contribution in [3.63, 3.8) is 0 Å². The Morgan fingerprint density at radius 1 is 1.00 bits per heavy atom. The van der Waals surface area contributed by atoms with Gasteiger partial charge in [-0.2, -0.15) is 0 Å². The molecule has 0 aliphatic carbocycles. The van der Waals surface area contributed by atoms with Crippen molar-refractivity contribution >= 4 is 5.91 Å². The number of aromatic nitrogens is 1. The van der Waals surface area contributed by atoms with E-state index in [1.165, 1.54) is 11.1 Å². The zero-order valence-electron chi connectivity index (χ0n) is 17.8. The van der Waals surface area contributed by atoms with Gasteiger partial charge >= 0.3 is 0 Å². The third kappa shape index (κ3) is 5.35. The molecule has 152 valence electrons. The molecule has 1 N–H and O–H groups in total. The fourth-order valence-corrected chi connectivity index (χ4v) is 3.34. The Kier molecular flexibility index (Phi) is 6.53. The molecule has 29 heavy (non-hydrogen) atoms. The third-order valence-corrected chi connectivity index (χ3v) is 5.12. The van der Waals surface area contributed by atoms with Crippen LogP contribution in [0.1, 0.15) is 60.8 Å². The van der Waals surface area contributed by atoms with Gasteiger partial charge in [-0.3, -0.25) is 4.79 Å². The van der Waals surface area contributed by atoms with Crippen LogP contribution < -0.4 is 5.32 Å². The Morgan fingerprint density at radius 2 is 1.69 bits per heavy atom. The maximum absolute atomic E-state index is 12.8. The second-order valence-corrected chi connectivity index (χ2v) is 8.50. The molecule has 0 atom stereocenters. The molecule has 0 fully saturated rings. The van der Waals surface area contributed by atoms with Crippen LogP contribution in [-0.4, -0.2) is 17.6 Å². The van der Waals surface area contributed by atoms with Crippen molar-refractivity contribution in [1.29, 1.82) is 0 Å². The highest BCUT2D eigenvalue weighted by Gasteiger charge is 2.22. The number of hydrogen-bond donors (Lipinski definition) is 1. The molecule has 0 saturated heterocycles. The quantitative estimate of drug-likeness (QED) is 0.527. The number of amides is 1. The molecular formula is C25H30N2O2. The Labute approximate surface area is 173 Å². The van der Waals surface area contributed by atoms with E-state index in [1.54, 1.807) is 6.92 Å². The van der Waals surface area contributed by atoms with Crippen LogP contribution in [0, 0.1) is 6.92 Å². The van der Waals surface area contributed by atoms with Gasteiger partial charge in [0.05, 0.1) is 5.69 Å². The molecule has 0 saturated carbocycles. The highest BCUT2D eigenvalue weighted by Crippen LogP contribution is 2.29. The SMILES string of the molecule is Cc1noc(-c2ccc(C(C)(C)C)cc2)c1C(=O)NCCCCc1ccccc1. The van der Waals surface area contributed by atoms with Crippen molar-refractivity contribution in [2.45, 2.75) is 52.4 Å². The minimum Gasteiger partial charge on any atom is -0.355 e. The molecule has 3 rings (SSSR count). The average molecular weight is 391 g/mol. The zero-order chi connectivity index (χ0) is 20.9. The topological polar surface area (TPSA) is 55.1 Å². The van der Waals surface area contributed by atoms with Gasteiger partial charge in [0.1, 0.15) is 5.56 Å². The molecule has 1 aromatic heterocycles. The van der Waals surface area contributed by atoms with E-state index in [1.807, 2.05) is 18.2 Å². The molecule has 0 radical (unpaired) electrons. The van der Waals surface area contributed by atoms with Crippen LogP contribution in [-0.2, 0) is 11.8 Å². The van der Waals surface area contributed by atoms with Crippen LogP contribution in [0.15, 0.2) is 59.1 Å². The van der Waals surface area contributed by atoms with Crippen molar-refractivity contribution in [2.75, 3.05) is 6.54 Å². The van der Waals surface area contributed by atoms with Gasteiger partial charge in [-0.25, -0.2) is 0 Å². The normalized spacial score (nSPS) is 11.4. The van der Waals surface area contributed by atoms with E-state index in [0.29, 0.717) is 23.6 Å². The highest BCUT2D eigenvalue weighted by atomic mass is 16.5. The molecule has 3 aromatic rings. The number of carbonyl (C=O) groups is 1. The molecule has 4 nitrogen and oxygen atoms in total. The maximum atomic E-state index is 12.8. The smallest absolute Gasteiger partial charge is 0.257 e. The van der Waals surface area contributed by atoms with E-state index in [4.69, 9.17) is 4.52 Å². The number of rotatable bonds is 7. The summed E-state index contributed by atoms with van der Waals surface area (Å²) in [7, 11) is 0. The summed E-state index contributed by atoms with van der Waals surface area (Å²) in [5, 5.41) is 7.05. The van der Waals surface area contributed by atoms with Crippen LogP contribution in [0.3, 0.4) is 0 Å². The highest BCUT2D eigenvalue weighted by molar-refractivity contribution is 6.00. The average Bonchev–Trinajstić information content (AvgIpc) is 3.09. The van der Waals surface area contributed by atoms with Crippen molar-refractivity contribution in [1.82, 2.24) is 10.5 Å². The summed E-state index contributed by atoms with van der Waals surface area (Å²) in [5.41, 5.74) is 4.65. The van der Waals surface area contributed by atoms with E-state index >= 15 is 0 Å². The van der Waals surface area contributed by atoms with Crippen molar-refractivity contribution in [2.24, 2.45) is 0 Å². The first-order valence-corrected chi connectivity index (χ1v) is 10.3. The van der Waals surface area contributed by atoms with Crippen LogP contribution in [0.2, 0.25) is 0 Å².